The topological polar surface area (TPSA) is 77.6 Å². The van der Waals surface area contributed by atoms with Crippen LogP contribution in [-0.2, 0) is 22.5 Å². The Morgan fingerprint density at radius 2 is 2.07 bits per heavy atom. The first kappa shape index (κ1) is 20.1. The molecule has 0 unspecified atom stereocenters. The van der Waals surface area contributed by atoms with Gasteiger partial charge in [-0.3, -0.25) is 14.8 Å². The molecule has 154 valence electrons. The monoisotopic (exact) mass is 407 g/mol. The molecule has 0 spiro atoms. The Hall–Kier alpha value is -3.19. The molecule has 3 heterocycles. The summed E-state index contributed by atoms with van der Waals surface area (Å²) >= 11 is 0. The minimum atomic E-state index is -0.300. The molecule has 30 heavy (non-hydrogen) atoms. The molecule has 0 radical (unpaired) electrons. The van der Waals surface area contributed by atoms with E-state index in [1.165, 1.54) is 12.1 Å². The van der Waals surface area contributed by atoms with Gasteiger partial charge in [0, 0.05) is 49.4 Å². The molecule has 0 fully saturated rings. The SMILES string of the molecule is COC[C@@H](CC(=O)Cc1cc2c(cn1)C(c1cc(C)on1)=NC2)c1ccc(F)cc1. The van der Waals surface area contributed by atoms with Crippen molar-refractivity contribution in [3.05, 3.63) is 82.3 Å². The van der Waals surface area contributed by atoms with Gasteiger partial charge in [0.2, 0.25) is 0 Å². The summed E-state index contributed by atoms with van der Waals surface area (Å²) in [7, 11) is 1.59. The molecule has 0 N–H and O–H groups in total. The number of nitrogens with zero attached hydrogens (tertiary/aromatic N) is 3. The van der Waals surface area contributed by atoms with Crippen LogP contribution in [0.2, 0.25) is 0 Å². The van der Waals surface area contributed by atoms with Crippen molar-refractivity contribution in [2.45, 2.75) is 32.2 Å². The summed E-state index contributed by atoms with van der Waals surface area (Å²) < 4.78 is 23.6. The number of hydrogen-bond acceptors (Lipinski definition) is 6. The first-order chi connectivity index (χ1) is 14.5. The number of aryl methyl sites for hydroxylation is 1. The van der Waals surface area contributed by atoms with Crippen molar-refractivity contribution >= 4 is 11.5 Å². The highest BCUT2D eigenvalue weighted by Crippen LogP contribution is 2.25. The number of hydrogen-bond donors (Lipinski definition) is 0. The quantitative estimate of drug-likeness (QED) is 0.568. The van der Waals surface area contributed by atoms with Crippen LogP contribution in [0.3, 0.4) is 0 Å². The highest BCUT2D eigenvalue weighted by Gasteiger charge is 2.22. The molecule has 0 saturated heterocycles. The Balaban J connectivity index is 1.44. The van der Waals surface area contributed by atoms with Crippen LogP contribution in [-0.4, -0.2) is 35.4 Å². The lowest BCUT2D eigenvalue weighted by Gasteiger charge is -2.16. The van der Waals surface area contributed by atoms with Gasteiger partial charge >= 0.3 is 0 Å². The normalized spacial score (nSPS) is 13.8. The smallest absolute Gasteiger partial charge is 0.139 e. The minimum absolute atomic E-state index is 0.0556. The Morgan fingerprint density at radius 3 is 2.77 bits per heavy atom. The van der Waals surface area contributed by atoms with E-state index in [0.29, 0.717) is 31.0 Å². The Kier molecular flexibility index (Phi) is 5.81. The van der Waals surface area contributed by atoms with E-state index in [2.05, 4.69) is 15.1 Å². The standard InChI is InChI=1S/C23H22FN3O3/c1-14-7-22(27-30-14)23-21-12-25-19(8-16(21)11-26-23)10-20(28)9-17(13-29-2)15-3-5-18(24)6-4-15/h3-8,12,17H,9-11,13H2,1-2H3/t17-/m1/s1. The van der Waals surface area contributed by atoms with Gasteiger partial charge in [-0.1, -0.05) is 17.3 Å². The molecule has 1 aromatic carbocycles. The van der Waals surface area contributed by atoms with Crippen molar-refractivity contribution in [1.29, 1.82) is 0 Å². The summed E-state index contributed by atoms with van der Waals surface area (Å²) in [6.07, 6.45) is 2.28. The van der Waals surface area contributed by atoms with Crippen molar-refractivity contribution in [2.24, 2.45) is 4.99 Å². The third-order valence-corrected chi connectivity index (χ3v) is 5.14. The van der Waals surface area contributed by atoms with E-state index >= 15 is 0 Å². The maximum absolute atomic E-state index is 13.2. The predicted molar refractivity (Wildman–Crippen MR) is 109 cm³/mol. The number of aliphatic imine (C=N–C) groups is 1. The molecule has 0 aliphatic carbocycles. The van der Waals surface area contributed by atoms with E-state index in [1.54, 1.807) is 25.4 Å². The van der Waals surface area contributed by atoms with E-state index < -0.39 is 0 Å². The fourth-order valence-electron chi connectivity index (χ4n) is 3.69. The number of Topliss-reactive ketones (excluding diaryl/α,β-unsaturated/α-hetero) is 1. The summed E-state index contributed by atoms with van der Waals surface area (Å²) in [4.78, 5) is 21.7. The highest BCUT2D eigenvalue weighted by atomic mass is 19.1. The molecule has 3 aromatic rings. The first-order valence-corrected chi connectivity index (χ1v) is 9.76. The average Bonchev–Trinajstić information content (AvgIpc) is 3.34. The van der Waals surface area contributed by atoms with Crippen LogP contribution in [0.1, 0.15) is 46.2 Å². The predicted octanol–water partition coefficient (Wildman–Crippen LogP) is 3.80. The van der Waals surface area contributed by atoms with Gasteiger partial charge in [0.05, 0.1) is 18.9 Å². The van der Waals surface area contributed by atoms with Crippen LogP contribution >= 0.6 is 0 Å². The van der Waals surface area contributed by atoms with Gasteiger partial charge in [-0.05, 0) is 36.2 Å². The molecule has 1 aliphatic rings. The van der Waals surface area contributed by atoms with Gasteiger partial charge in [-0.15, -0.1) is 0 Å². The molecule has 2 aromatic heterocycles. The second kappa shape index (κ2) is 8.67. The number of halogens is 1. The first-order valence-electron chi connectivity index (χ1n) is 9.76. The van der Waals surface area contributed by atoms with E-state index in [4.69, 9.17) is 9.26 Å². The zero-order valence-electron chi connectivity index (χ0n) is 16.9. The van der Waals surface area contributed by atoms with Gasteiger partial charge in [-0.25, -0.2) is 4.39 Å². The summed E-state index contributed by atoms with van der Waals surface area (Å²) in [5.41, 5.74) is 5.00. The number of methoxy groups -OCH3 is 1. The molecule has 1 atom stereocenters. The summed E-state index contributed by atoms with van der Waals surface area (Å²) in [6.45, 7) is 2.76. The highest BCUT2D eigenvalue weighted by molar-refractivity contribution is 6.13. The molecule has 6 nitrogen and oxygen atoms in total. The lowest BCUT2D eigenvalue weighted by atomic mass is 9.93. The molecule has 1 aliphatic heterocycles. The van der Waals surface area contributed by atoms with Crippen LogP contribution in [0, 0.1) is 12.7 Å². The van der Waals surface area contributed by atoms with E-state index in [0.717, 1.165) is 28.2 Å². The summed E-state index contributed by atoms with van der Waals surface area (Å²) in [5.74, 6) is 0.358. The number of ether oxygens (including phenoxy) is 1. The number of fused-ring (bicyclic) bond motifs is 1. The largest absolute Gasteiger partial charge is 0.384 e. The molecule has 0 saturated carbocycles. The zero-order chi connectivity index (χ0) is 21.1. The van der Waals surface area contributed by atoms with E-state index in [1.807, 2.05) is 19.1 Å². The van der Waals surface area contributed by atoms with E-state index in [9.17, 15) is 9.18 Å². The van der Waals surface area contributed by atoms with Crippen molar-refractivity contribution in [3.8, 4) is 0 Å². The van der Waals surface area contributed by atoms with Crippen molar-refractivity contribution in [2.75, 3.05) is 13.7 Å². The summed E-state index contributed by atoms with van der Waals surface area (Å²) in [6, 6.07) is 9.97. The van der Waals surface area contributed by atoms with Gasteiger partial charge in [0.1, 0.15) is 23.1 Å². The van der Waals surface area contributed by atoms with Crippen molar-refractivity contribution in [1.82, 2.24) is 10.1 Å². The van der Waals surface area contributed by atoms with Gasteiger partial charge in [0.15, 0.2) is 0 Å². The Labute approximate surface area is 173 Å². The fourth-order valence-corrected chi connectivity index (χ4v) is 3.69. The number of rotatable bonds is 8. The zero-order valence-corrected chi connectivity index (χ0v) is 16.9. The number of aromatic nitrogens is 2. The third-order valence-electron chi connectivity index (χ3n) is 5.14. The van der Waals surface area contributed by atoms with Crippen LogP contribution in [0.25, 0.3) is 0 Å². The second-order valence-corrected chi connectivity index (χ2v) is 7.44. The lowest BCUT2D eigenvalue weighted by Crippen LogP contribution is -2.15. The van der Waals surface area contributed by atoms with Gasteiger partial charge < -0.3 is 9.26 Å². The van der Waals surface area contributed by atoms with Crippen LogP contribution in [0.5, 0.6) is 0 Å². The Morgan fingerprint density at radius 1 is 1.27 bits per heavy atom. The number of benzene rings is 1. The average molecular weight is 407 g/mol. The molecular formula is C23H22FN3O3. The van der Waals surface area contributed by atoms with Crippen LogP contribution in [0.15, 0.2) is 52.1 Å². The second-order valence-electron chi connectivity index (χ2n) is 7.44. The molecule has 4 rings (SSSR count). The number of carbonyl (C=O) groups excluding carboxylic acids is 1. The molecule has 7 heteroatoms. The maximum atomic E-state index is 13.2. The van der Waals surface area contributed by atoms with Crippen molar-refractivity contribution in [3.63, 3.8) is 0 Å². The van der Waals surface area contributed by atoms with Gasteiger partial charge in [0.25, 0.3) is 0 Å². The summed E-state index contributed by atoms with van der Waals surface area (Å²) in [5, 5.41) is 4.03. The third kappa shape index (κ3) is 4.36. The maximum Gasteiger partial charge on any atom is 0.139 e. The number of carbonyl (C=O) groups is 1. The molecular weight excluding hydrogens is 385 g/mol. The Bertz CT molecular complexity index is 1090. The number of ketones is 1. The molecule has 0 bridgehead atoms. The van der Waals surface area contributed by atoms with Crippen molar-refractivity contribution < 1.29 is 18.4 Å². The van der Waals surface area contributed by atoms with Gasteiger partial charge in [-0.2, -0.15) is 0 Å². The van der Waals surface area contributed by atoms with Crippen LogP contribution < -0.4 is 0 Å². The molecule has 0 amide bonds. The van der Waals surface area contributed by atoms with Crippen LogP contribution in [0.4, 0.5) is 4.39 Å². The minimum Gasteiger partial charge on any atom is -0.384 e. The fraction of sp³-hybridized carbons (Fsp3) is 0.304. The number of pyridine rings is 1. The lowest BCUT2D eigenvalue weighted by molar-refractivity contribution is -0.119. The van der Waals surface area contributed by atoms with E-state index in [-0.39, 0.29) is 23.9 Å².